The van der Waals surface area contributed by atoms with Crippen molar-refractivity contribution in [3.63, 3.8) is 0 Å². The molecule has 0 saturated carbocycles. The van der Waals surface area contributed by atoms with Crippen LogP contribution in [0.1, 0.15) is 26.3 Å². The minimum atomic E-state index is -0.591. The predicted octanol–water partition coefficient (Wildman–Crippen LogP) is 3.94. The molecule has 0 unspecified atom stereocenters. The van der Waals surface area contributed by atoms with Crippen LogP contribution in [0.2, 0.25) is 0 Å². The zero-order valence-electron chi connectivity index (χ0n) is 16.0. The molecular formula is C19H22IN5O2. The third kappa shape index (κ3) is 4.62. The van der Waals surface area contributed by atoms with Gasteiger partial charge in [0.2, 0.25) is 0 Å². The average Bonchev–Trinajstić information content (AvgIpc) is 2.90. The summed E-state index contributed by atoms with van der Waals surface area (Å²) in [5.41, 5.74) is 3.52. The fourth-order valence-electron chi connectivity index (χ4n) is 2.65. The van der Waals surface area contributed by atoms with E-state index in [1.807, 2.05) is 53.2 Å². The summed E-state index contributed by atoms with van der Waals surface area (Å²) in [6.45, 7) is 6.28. The molecule has 3 rings (SSSR count). The second kappa shape index (κ2) is 7.51. The highest BCUT2D eigenvalue weighted by molar-refractivity contribution is 14.1. The van der Waals surface area contributed by atoms with Gasteiger partial charge in [-0.1, -0.05) is 0 Å². The molecule has 7 nitrogen and oxygen atoms in total. The summed E-state index contributed by atoms with van der Waals surface area (Å²) >= 11 is 2.08. The van der Waals surface area contributed by atoms with Gasteiger partial charge in [-0.3, -0.25) is 4.98 Å². The van der Waals surface area contributed by atoms with Crippen molar-refractivity contribution in [2.24, 2.45) is 0 Å². The van der Waals surface area contributed by atoms with Crippen LogP contribution in [0.4, 0.5) is 4.79 Å². The van der Waals surface area contributed by atoms with Crippen LogP contribution in [-0.2, 0) is 11.3 Å². The number of fused-ring (bicyclic) bond motifs is 1. The van der Waals surface area contributed by atoms with Crippen LogP contribution in [0.25, 0.3) is 22.3 Å². The Morgan fingerprint density at radius 2 is 2.00 bits per heavy atom. The van der Waals surface area contributed by atoms with Crippen LogP contribution >= 0.6 is 22.6 Å². The van der Waals surface area contributed by atoms with E-state index in [1.165, 1.54) is 4.68 Å². The first-order chi connectivity index (χ1) is 12.6. The zero-order chi connectivity index (χ0) is 19.8. The lowest BCUT2D eigenvalue weighted by molar-refractivity contribution is 0.0522. The summed E-state index contributed by atoms with van der Waals surface area (Å²) in [6.07, 6.45) is 3.13. The Bertz CT molecular complexity index is 991. The van der Waals surface area contributed by atoms with Gasteiger partial charge in [0.05, 0.1) is 5.69 Å². The minimum Gasteiger partial charge on any atom is -0.442 e. The Labute approximate surface area is 171 Å². The van der Waals surface area contributed by atoms with Gasteiger partial charge in [0.15, 0.2) is 0 Å². The Morgan fingerprint density at radius 3 is 2.67 bits per heavy atom. The lowest BCUT2D eigenvalue weighted by Crippen LogP contribution is -2.27. The molecule has 27 heavy (non-hydrogen) atoms. The van der Waals surface area contributed by atoms with E-state index in [2.05, 4.69) is 43.6 Å². The van der Waals surface area contributed by atoms with Crippen LogP contribution in [0.15, 0.2) is 30.6 Å². The summed E-state index contributed by atoms with van der Waals surface area (Å²) in [5.74, 6) is 0. The number of nitrogens with zero attached hydrogens (tertiary/aromatic N) is 5. The van der Waals surface area contributed by atoms with Crippen molar-refractivity contribution in [3.8, 4) is 11.3 Å². The first kappa shape index (κ1) is 19.7. The maximum absolute atomic E-state index is 12.4. The number of ether oxygens (including phenoxy) is 1. The van der Waals surface area contributed by atoms with Crippen LogP contribution in [0, 0.1) is 3.70 Å². The first-order valence-corrected chi connectivity index (χ1v) is 9.59. The maximum atomic E-state index is 12.4. The maximum Gasteiger partial charge on any atom is 0.435 e. The smallest absolute Gasteiger partial charge is 0.435 e. The quantitative estimate of drug-likeness (QED) is 0.530. The van der Waals surface area contributed by atoms with E-state index in [0.717, 1.165) is 23.4 Å². The van der Waals surface area contributed by atoms with Crippen molar-refractivity contribution in [1.29, 1.82) is 0 Å². The van der Waals surface area contributed by atoms with E-state index < -0.39 is 11.7 Å². The number of aromatic nitrogens is 4. The molecule has 0 aliphatic carbocycles. The molecule has 0 N–H and O–H groups in total. The number of hydrogen-bond donors (Lipinski definition) is 0. The Kier molecular flexibility index (Phi) is 5.48. The van der Waals surface area contributed by atoms with Crippen molar-refractivity contribution in [2.45, 2.75) is 32.9 Å². The summed E-state index contributed by atoms with van der Waals surface area (Å²) in [7, 11) is 4.04. The van der Waals surface area contributed by atoms with Gasteiger partial charge in [-0.2, -0.15) is 9.78 Å². The normalized spacial score (nSPS) is 12.0. The standard InChI is InChI=1S/C19H22IN5O2/c1-19(2,3)27-18(26)25-15-7-6-14(22-16(15)17(20)23-25)13-8-12(9-21-10-13)11-24(4)5/h6-10H,11H2,1-5H3. The van der Waals surface area contributed by atoms with Crippen molar-refractivity contribution in [2.75, 3.05) is 14.1 Å². The van der Waals surface area contributed by atoms with Gasteiger partial charge >= 0.3 is 6.09 Å². The molecule has 0 radical (unpaired) electrons. The van der Waals surface area contributed by atoms with Crippen molar-refractivity contribution >= 4 is 39.7 Å². The van der Waals surface area contributed by atoms with Crippen molar-refractivity contribution in [1.82, 2.24) is 24.6 Å². The fraction of sp³-hybridized carbons (Fsp3) is 0.368. The highest BCUT2D eigenvalue weighted by atomic mass is 127. The molecule has 0 aliphatic rings. The highest BCUT2D eigenvalue weighted by Crippen LogP contribution is 2.25. The van der Waals surface area contributed by atoms with Gasteiger partial charge in [0.1, 0.15) is 20.3 Å². The number of carbonyl (C=O) groups excluding carboxylic acids is 1. The third-order valence-corrected chi connectivity index (χ3v) is 4.37. The van der Waals surface area contributed by atoms with Crippen molar-refractivity contribution < 1.29 is 9.53 Å². The molecule has 3 aromatic heterocycles. The van der Waals surface area contributed by atoms with Crippen LogP contribution in [-0.4, -0.2) is 50.4 Å². The molecule has 3 aromatic rings. The fourth-order valence-corrected chi connectivity index (χ4v) is 3.26. The Hall–Kier alpha value is -2.07. The molecule has 0 amide bonds. The molecule has 3 heterocycles. The lowest BCUT2D eigenvalue weighted by atomic mass is 10.1. The highest BCUT2D eigenvalue weighted by Gasteiger charge is 2.22. The van der Waals surface area contributed by atoms with Crippen LogP contribution in [0.3, 0.4) is 0 Å². The third-order valence-electron chi connectivity index (χ3n) is 3.64. The van der Waals surface area contributed by atoms with Crippen LogP contribution in [0.5, 0.6) is 0 Å². The van der Waals surface area contributed by atoms with Gasteiger partial charge in [0.25, 0.3) is 0 Å². The molecule has 0 saturated heterocycles. The SMILES string of the molecule is CN(C)Cc1cncc(-c2ccc3c(n2)c(I)nn3C(=O)OC(C)(C)C)c1. The van der Waals surface area contributed by atoms with E-state index in [1.54, 1.807) is 6.20 Å². The molecule has 0 aromatic carbocycles. The molecule has 0 atom stereocenters. The minimum absolute atomic E-state index is 0.514. The topological polar surface area (TPSA) is 73.1 Å². The molecule has 0 fully saturated rings. The second-order valence-corrected chi connectivity index (χ2v) is 8.59. The lowest BCUT2D eigenvalue weighted by Gasteiger charge is -2.19. The molecule has 8 heteroatoms. The van der Waals surface area contributed by atoms with E-state index in [0.29, 0.717) is 14.7 Å². The predicted molar refractivity (Wildman–Crippen MR) is 112 cm³/mol. The van der Waals surface area contributed by atoms with Gasteiger partial charge < -0.3 is 9.64 Å². The second-order valence-electron chi connectivity index (χ2n) is 7.57. The van der Waals surface area contributed by atoms with E-state index >= 15 is 0 Å². The first-order valence-electron chi connectivity index (χ1n) is 8.52. The Morgan fingerprint density at radius 1 is 1.26 bits per heavy atom. The summed E-state index contributed by atoms with van der Waals surface area (Å²) in [5, 5.41) is 4.31. The molecule has 0 bridgehead atoms. The number of pyridine rings is 2. The van der Waals surface area contributed by atoms with Crippen LogP contribution < -0.4 is 0 Å². The van der Waals surface area contributed by atoms with Gasteiger partial charge in [-0.15, -0.1) is 0 Å². The summed E-state index contributed by atoms with van der Waals surface area (Å²) < 4.78 is 7.34. The summed E-state index contributed by atoms with van der Waals surface area (Å²) in [6, 6.07) is 5.79. The number of rotatable bonds is 3. The monoisotopic (exact) mass is 479 g/mol. The van der Waals surface area contributed by atoms with Gasteiger partial charge in [0, 0.05) is 24.5 Å². The number of halogens is 1. The molecule has 0 spiro atoms. The number of hydrogen-bond acceptors (Lipinski definition) is 6. The van der Waals surface area contributed by atoms with E-state index in [4.69, 9.17) is 9.72 Å². The van der Waals surface area contributed by atoms with Gasteiger partial charge in [-0.25, -0.2) is 9.78 Å². The van der Waals surface area contributed by atoms with Crippen molar-refractivity contribution in [3.05, 3.63) is 39.9 Å². The van der Waals surface area contributed by atoms with E-state index in [-0.39, 0.29) is 0 Å². The average molecular weight is 479 g/mol. The number of carbonyl (C=O) groups is 1. The van der Waals surface area contributed by atoms with E-state index in [9.17, 15) is 4.79 Å². The molecular weight excluding hydrogens is 457 g/mol. The molecule has 0 aliphatic heterocycles. The Balaban J connectivity index is 2.00. The molecule has 142 valence electrons. The largest absolute Gasteiger partial charge is 0.442 e. The zero-order valence-corrected chi connectivity index (χ0v) is 18.2. The summed E-state index contributed by atoms with van der Waals surface area (Å²) in [4.78, 5) is 23.6. The van der Waals surface area contributed by atoms with Gasteiger partial charge in [-0.05, 0) is 81.2 Å².